The Balaban J connectivity index is 2.70. The van der Waals surface area contributed by atoms with E-state index in [4.69, 9.17) is 0 Å². The number of rotatable bonds is 1. The molecule has 0 spiro atoms. The molecular weight excluding hydrogens is 202 g/mol. The predicted octanol–water partition coefficient (Wildman–Crippen LogP) is 1.90. The van der Waals surface area contributed by atoms with Crippen LogP contribution in [-0.2, 0) is 6.54 Å². The molecule has 0 atom stereocenters. The minimum atomic E-state index is -0.129. The van der Waals surface area contributed by atoms with Gasteiger partial charge < -0.3 is 4.57 Å². The predicted molar refractivity (Wildman–Crippen MR) is 63.5 cm³/mol. The normalized spacial score (nSPS) is 11.3. The molecule has 1 N–H and O–H groups in total. The van der Waals surface area contributed by atoms with Crippen molar-refractivity contribution in [2.24, 2.45) is 0 Å². The zero-order chi connectivity index (χ0) is 11.1. The highest BCUT2D eigenvalue weighted by atomic mass is 16.1. The summed E-state index contributed by atoms with van der Waals surface area (Å²) in [5.74, 6) is 0. The number of hydrogen-bond acceptors (Lipinski definition) is 2. The number of para-hydroxylation sites is 1. The van der Waals surface area contributed by atoms with Gasteiger partial charge in [-0.1, -0.05) is 18.2 Å². The maximum atomic E-state index is 11.8. The zero-order valence-electron chi connectivity index (χ0n) is 8.90. The van der Waals surface area contributed by atoms with Crippen molar-refractivity contribution in [3.8, 4) is 0 Å². The summed E-state index contributed by atoms with van der Waals surface area (Å²) in [6.07, 6.45) is 1.71. The summed E-state index contributed by atoms with van der Waals surface area (Å²) in [4.78, 5) is 11.8. The Morgan fingerprint density at radius 1 is 1.31 bits per heavy atom. The Morgan fingerprint density at radius 3 is 2.94 bits per heavy atom. The first-order valence-corrected chi connectivity index (χ1v) is 5.27. The molecule has 3 aromatic rings. The number of nitrogens with one attached hydrogen (secondary N) is 1. The molecule has 0 unspecified atom stereocenters. The lowest BCUT2D eigenvalue weighted by Crippen LogP contribution is -2.11. The van der Waals surface area contributed by atoms with E-state index in [1.54, 1.807) is 6.20 Å². The van der Waals surface area contributed by atoms with Crippen LogP contribution in [0.25, 0.3) is 21.8 Å². The van der Waals surface area contributed by atoms with Crippen LogP contribution >= 0.6 is 0 Å². The van der Waals surface area contributed by atoms with Crippen molar-refractivity contribution in [1.29, 1.82) is 0 Å². The van der Waals surface area contributed by atoms with Gasteiger partial charge in [0.25, 0.3) is 5.56 Å². The van der Waals surface area contributed by atoms with Crippen molar-refractivity contribution in [2.75, 3.05) is 0 Å². The van der Waals surface area contributed by atoms with Gasteiger partial charge in [0.2, 0.25) is 0 Å². The number of fused-ring (bicyclic) bond motifs is 3. The van der Waals surface area contributed by atoms with E-state index in [1.807, 2.05) is 35.8 Å². The lowest BCUT2D eigenvalue weighted by atomic mass is 10.2. The topological polar surface area (TPSA) is 50.7 Å². The molecule has 0 amide bonds. The highest BCUT2D eigenvalue weighted by molar-refractivity contribution is 6.07. The van der Waals surface area contributed by atoms with Gasteiger partial charge in [-0.15, -0.1) is 0 Å². The molecule has 0 aliphatic heterocycles. The Labute approximate surface area is 91.5 Å². The van der Waals surface area contributed by atoms with Crippen LogP contribution in [0.4, 0.5) is 0 Å². The third kappa shape index (κ3) is 1.04. The van der Waals surface area contributed by atoms with E-state index in [9.17, 15) is 4.79 Å². The van der Waals surface area contributed by atoms with Crippen LogP contribution in [0.1, 0.15) is 6.92 Å². The second-order valence-corrected chi connectivity index (χ2v) is 3.72. The number of H-pyrrole nitrogens is 1. The highest BCUT2D eigenvalue weighted by Crippen LogP contribution is 2.25. The SMILES string of the molecule is CCn1c2ccccc2c2cn[nH]c(=O)c21. The second kappa shape index (κ2) is 3.20. The minimum absolute atomic E-state index is 0.129. The molecule has 2 heterocycles. The van der Waals surface area contributed by atoms with Gasteiger partial charge in [0.1, 0.15) is 5.52 Å². The fourth-order valence-electron chi connectivity index (χ4n) is 2.24. The van der Waals surface area contributed by atoms with E-state index in [-0.39, 0.29) is 5.56 Å². The number of benzene rings is 1. The molecule has 80 valence electrons. The molecule has 16 heavy (non-hydrogen) atoms. The molecule has 3 rings (SSSR count). The van der Waals surface area contributed by atoms with Crippen molar-refractivity contribution in [3.63, 3.8) is 0 Å². The smallest absolute Gasteiger partial charge is 0.288 e. The molecule has 4 nitrogen and oxygen atoms in total. The highest BCUT2D eigenvalue weighted by Gasteiger charge is 2.11. The van der Waals surface area contributed by atoms with Crippen LogP contribution in [0.5, 0.6) is 0 Å². The maximum Gasteiger partial charge on any atom is 0.288 e. The van der Waals surface area contributed by atoms with Crippen molar-refractivity contribution >= 4 is 21.8 Å². The first-order chi connectivity index (χ1) is 7.83. The van der Waals surface area contributed by atoms with E-state index in [1.165, 1.54) is 0 Å². The van der Waals surface area contributed by atoms with Gasteiger partial charge in [0.15, 0.2) is 0 Å². The Morgan fingerprint density at radius 2 is 2.12 bits per heavy atom. The largest absolute Gasteiger partial charge is 0.336 e. The summed E-state index contributed by atoms with van der Waals surface area (Å²) in [7, 11) is 0. The van der Waals surface area contributed by atoms with Crippen LogP contribution in [0.15, 0.2) is 35.3 Å². The monoisotopic (exact) mass is 213 g/mol. The molecule has 2 aromatic heterocycles. The van der Waals surface area contributed by atoms with E-state index >= 15 is 0 Å². The summed E-state index contributed by atoms with van der Waals surface area (Å²) in [5, 5.41) is 8.34. The first kappa shape index (κ1) is 9.15. The third-order valence-corrected chi connectivity index (χ3v) is 2.90. The van der Waals surface area contributed by atoms with Crippen LogP contribution in [0.3, 0.4) is 0 Å². The number of nitrogens with zero attached hydrogens (tertiary/aromatic N) is 2. The van der Waals surface area contributed by atoms with Crippen molar-refractivity contribution in [1.82, 2.24) is 14.8 Å². The van der Waals surface area contributed by atoms with Crippen molar-refractivity contribution in [2.45, 2.75) is 13.5 Å². The summed E-state index contributed by atoms with van der Waals surface area (Å²) < 4.78 is 2.02. The van der Waals surface area contributed by atoms with E-state index < -0.39 is 0 Å². The maximum absolute atomic E-state index is 11.8. The Hall–Kier alpha value is -2.10. The summed E-state index contributed by atoms with van der Waals surface area (Å²) in [6, 6.07) is 8.00. The number of aromatic amines is 1. The molecule has 0 aliphatic rings. The molecule has 0 aliphatic carbocycles. The van der Waals surface area contributed by atoms with Crippen LogP contribution in [0, 0.1) is 0 Å². The Bertz CT molecular complexity index is 724. The van der Waals surface area contributed by atoms with E-state index in [0.717, 1.165) is 22.8 Å². The van der Waals surface area contributed by atoms with Gasteiger partial charge in [-0.05, 0) is 13.0 Å². The van der Waals surface area contributed by atoms with Gasteiger partial charge in [-0.2, -0.15) is 5.10 Å². The zero-order valence-corrected chi connectivity index (χ0v) is 8.90. The van der Waals surface area contributed by atoms with Crippen molar-refractivity contribution < 1.29 is 0 Å². The molecule has 0 bridgehead atoms. The van der Waals surface area contributed by atoms with E-state index in [2.05, 4.69) is 10.2 Å². The van der Waals surface area contributed by atoms with E-state index in [0.29, 0.717) is 5.52 Å². The standard InChI is InChI=1S/C12H11N3O/c1-2-15-10-6-4-3-5-8(10)9-7-13-14-12(16)11(9)15/h3-7H,2H2,1H3,(H,14,16). The van der Waals surface area contributed by atoms with Crippen LogP contribution in [0.2, 0.25) is 0 Å². The van der Waals surface area contributed by atoms with Gasteiger partial charge in [0, 0.05) is 22.8 Å². The van der Waals surface area contributed by atoms with Crippen LogP contribution < -0.4 is 5.56 Å². The summed E-state index contributed by atoms with van der Waals surface area (Å²) >= 11 is 0. The van der Waals surface area contributed by atoms with Gasteiger partial charge in [0.05, 0.1) is 6.20 Å². The Kier molecular flexibility index (Phi) is 1.83. The lowest BCUT2D eigenvalue weighted by Gasteiger charge is -2.00. The summed E-state index contributed by atoms with van der Waals surface area (Å²) in [5.41, 5.74) is 1.66. The first-order valence-electron chi connectivity index (χ1n) is 5.27. The molecular formula is C12H11N3O. The molecule has 0 radical (unpaired) electrons. The van der Waals surface area contributed by atoms with Gasteiger partial charge in [-0.25, -0.2) is 5.10 Å². The number of aromatic nitrogens is 3. The van der Waals surface area contributed by atoms with Gasteiger partial charge >= 0.3 is 0 Å². The lowest BCUT2D eigenvalue weighted by molar-refractivity contribution is 0.817. The fourth-order valence-corrected chi connectivity index (χ4v) is 2.24. The molecule has 4 heteroatoms. The average Bonchev–Trinajstić information content (AvgIpc) is 2.65. The molecule has 0 saturated heterocycles. The molecule has 0 saturated carbocycles. The third-order valence-electron chi connectivity index (χ3n) is 2.90. The fraction of sp³-hybridized carbons (Fsp3) is 0.167. The summed E-state index contributed by atoms with van der Waals surface area (Å²) in [6.45, 7) is 2.81. The minimum Gasteiger partial charge on any atom is -0.336 e. The average molecular weight is 213 g/mol. The molecule has 0 fully saturated rings. The van der Waals surface area contributed by atoms with Gasteiger partial charge in [-0.3, -0.25) is 4.79 Å². The number of aryl methyl sites for hydroxylation is 1. The van der Waals surface area contributed by atoms with Crippen LogP contribution in [-0.4, -0.2) is 14.8 Å². The molecule has 1 aromatic carbocycles. The number of hydrogen-bond donors (Lipinski definition) is 1. The quantitative estimate of drug-likeness (QED) is 0.671. The second-order valence-electron chi connectivity index (χ2n) is 3.72. The van der Waals surface area contributed by atoms with Crippen molar-refractivity contribution in [3.05, 3.63) is 40.8 Å².